The first-order valence-corrected chi connectivity index (χ1v) is 9.90. The molecule has 3 rings (SSSR count). The molecule has 2 amide bonds. The Hall–Kier alpha value is -2.82. The van der Waals surface area contributed by atoms with Crippen LogP contribution >= 0.6 is 0 Å². The van der Waals surface area contributed by atoms with Crippen molar-refractivity contribution in [1.29, 1.82) is 0 Å². The molecule has 0 aromatic heterocycles. The number of nitrogens with one attached hydrogen (secondary N) is 1. The van der Waals surface area contributed by atoms with Gasteiger partial charge in [-0.2, -0.15) is 0 Å². The van der Waals surface area contributed by atoms with Crippen LogP contribution in [0.25, 0.3) is 0 Å². The van der Waals surface area contributed by atoms with Crippen molar-refractivity contribution in [2.75, 3.05) is 18.1 Å². The van der Waals surface area contributed by atoms with Crippen molar-refractivity contribution in [1.82, 2.24) is 5.32 Å². The minimum atomic E-state index is -0.0604. The van der Waals surface area contributed by atoms with Crippen LogP contribution in [0.5, 0.6) is 5.75 Å². The van der Waals surface area contributed by atoms with Gasteiger partial charge in [-0.15, -0.1) is 0 Å². The Balaban J connectivity index is 1.44. The average molecular weight is 380 g/mol. The van der Waals surface area contributed by atoms with Crippen LogP contribution in [-0.4, -0.2) is 31.0 Å². The summed E-state index contributed by atoms with van der Waals surface area (Å²) in [5.74, 6) is 0.699. The molecule has 0 aliphatic carbocycles. The summed E-state index contributed by atoms with van der Waals surface area (Å²) in [6, 6.07) is 16.2. The van der Waals surface area contributed by atoms with Gasteiger partial charge < -0.3 is 15.0 Å². The molecule has 2 aromatic rings. The Labute approximate surface area is 166 Å². The molecule has 1 atom stereocenters. The third-order valence-electron chi connectivity index (χ3n) is 4.96. The van der Waals surface area contributed by atoms with Gasteiger partial charge in [0.25, 0.3) is 5.91 Å². The van der Waals surface area contributed by atoms with Gasteiger partial charge in [-0.3, -0.25) is 9.59 Å². The molecule has 0 bridgehead atoms. The monoisotopic (exact) mass is 380 g/mol. The second kappa shape index (κ2) is 9.40. The van der Waals surface area contributed by atoms with E-state index in [-0.39, 0.29) is 24.5 Å². The van der Waals surface area contributed by atoms with Crippen molar-refractivity contribution >= 4 is 17.5 Å². The molecule has 2 aromatic carbocycles. The van der Waals surface area contributed by atoms with Gasteiger partial charge in [0, 0.05) is 19.0 Å². The van der Waals surface area contributed by atoms with Crippen LogP contribution in [0.3, 0.4) is 0 Å². The summed E-state index contributed by atoms with van der Waals surface area (Å²) in [7, 11) is 0. The number of carbonyl (C=O) groups is 2. The van der Waals surface area contributed by atoms with Crippen molar-refractivity contribution in [3.8, 4) is 5.75 Å². The first-order valence-electron chi connectivity index (χ1n) is 9.90. The number of carbonyl (C=O) groups excluding carboxylic acids is 2. The van der Waals surface area contributed by atoms with Gasteiger partial charge in [0.2, 0.25) is 5.91 Å². The second-order valence-corrected chi connectivity index (χ2v) is 7.40. The molecule has 1 aliphatic rings. The highest BCUT2D eigenvalue weighted by atomic mass is 16.5. The fourth-order valence-corrected chi connectivity index (χ4v) is 3.40. The molecule has 0 saturated heterocycles. The normalized spacial score (nSPS) is 14.2. The Bertz CT molecular complexity index is 820. The van der Waals surface area contributed by atoms with E-state index in [9.17, 15) is 9.59 Å². The summed E-state index contributed by atoms with van der Waals surface area (Å²) in [4.78, 5) is 26.2. The number of ether oxygens (including phenoxy) is 1. The Morgan fingerprint density at radius 1 is 1.21 bits per heavy atom. The molecule has 5 heteroatoms. The van der Waals surface area contributed by atoms with Gasteiger partial charge in [0.15, 0.2) is 6.61 Å². The largest absolute Gasteiger partial charge is 0.482 e. The Kier molecular flexibility index (Phi) is 6.69. The van der Waals surface area contributed by atoms with Gasteiger partial charge in [-0.1, -0.05) is 36.4 Å². The molecule has 28 heavy (non-hydrogen) atoms. The Morgan fingerprint density at radius 2 is 2.00 bits per heavy atom. The Morgan fingerprint density at radius 3 is 2.79 bits per heavy atom. The van der Waals surface area contributed by atoms with E-state index >= 15 is 0 Å². The lowest BCUT2D eigenvalue weighted by Crippen LogP contribution is -2.40. The van der Waals surface area contributed by atoms with E-state index in [2.05, 4.69) is 17.4 Å². The fraction of sp³-hybridized carbons (Fsp3) is 0.391. The maximum Gasteiger partial charge on any atom is 0.265 e. The minimum Gasteiger partial charge on any atom is -0.482 e. The second-order valence-electron chi connectivity index (χ2n) is 7.40. The van der Waals surface area contributed by atoms with Crippen molar-refractivity contribution in [3.63, 3.8) is 0 Å². The van der Waals surface area contributed by atoms with Crippen LogP contribution < -0.4 is 15.0 Å². The van der Waals surface area contributed by atoms with Crippen LogP contribution in [0.4, 0.5) is 5.69 Å². The highest BCUT2D eigenvalue weighted by Gasteiger charge is 2.25. The van der Waals surface area contributed by atoms with Crippen LogP contribution in [0.15, 0.2) is 48.5 Å². The molecule has 0 saturated carbocycles. The van der Waals surface area contributed by atoms with Crippen molar-refractivity contribution < 1.29 is 14.3 Å². The number of rotatable bonds is 8. The third kappa shape index (κ3) is 5.35. The SMILES string of the molecule is Cc1ccc2c(c1)N(CCCC(=O)NC(C)CCc1ccccc1)C(=O)CO2. The number of aryl methyl sites for hydroxylation is 2. The lowest BCUT2D eigenvalue weighted by atomic mass is 10.1. The van der Waals surface area contributed by atoms with Crippen molar-refractivity contribution in [2.24, 2.45) is 0 Å². The number of amides is 2. The number of nitrogens with zero attached hydrogens (tertiary/aromatic N) is 1. The molecular formula is C23H28N2O3. The number of hydrogen-bond acceptors (Lipinski definition) is 3. The average Bonchev–Trinajstić information content (AvgIpc) is 2.69. The zero-order valence-electron chi connectivity index (χ0n) is 16.6. The van der Waals surface area contributed by atoms with Crippen LogP contribution in [-0.2, 0) is 16.0 Å². The van der Waals surface area contributed by atoms with E-state index in [0.717, 1.165) is 29.8 Å². The summed E-state index contributed by atoms with van der Waals surface area (Å²) in [5, 5.41) is 3.06. The van der Waals surface area contributed by atoms with Crippen LogP contribution in [0.2, 0.25) is 0 Å². The maximum absolute atomic E-state index is 12.2. The zero-order valence-corrected chi connectivity index (χ0v) is 16.6. The minimum absolute atomic E-state index is 0.0331. The number of anilines is 1. The summed E-state index contributed by atoms with van der Waals surface area (Å²) in [6.45, 7) is 4.59. The van der Waals surface area contributed by atoms with Gasteiger partial charge in [0.05, 0.1) is 5.69 Å². The molecule has 0 spiro atoms. The molecule has 0 radical (unpaired) electrons. The van der Waals surface area contributed by atoms with E-state index < -0.39 is 0 Å². The van der Waals surface area contributed by atoms with Gasteiger partial charge in [0.1, 0.15) is 5.75 Å². The molecule has 148 valence electrons. The summed E-state index contributed by atoms with van der Waals surface area (Å²) in [6.07, 6.45) is 2.88. The fourth-order valence-electron chi connectivity index (χ4n) is 3.40. The van der Waals surface area contributed by atoms with Crippen molar-refractivity contribution in [3.05, 3.63) is 59.7 Å². The standard InChI is InChI=1S/C23H28N2O3/c1-17-10-13-21-20(15-17)25(23(27)16-28-21)14-6-9-22(26)24-18(2)11-12-19-7-4-3-5-8-19/h3-5,7-8,10,13,15,18H,6,9,11-12,14,16H2,1-2H3,(H,24,26). The highest BCUT2D eigenvalue weighted by molar-refractivity contribution is 5.98. The molecule has 1 unspecified atom stereocenters. The summed E-state index contributed by atoms with van der Waals surface area (Å²) >= 11 is 0. The van der Waals surface area contributed by atoms with E-state index in [1.54, 1.807) is 4.90 Å². The lowest BCUT2D eigenvalue weighted by Gasteiger charge is -2.29. The van der Waals surface area contributed by atoms with Gasteiger partial charge in [-0.25, -0.2) is 0 Å². The molecule has 1 N–H and O–H groups in total. The van der Waals surface area contributed by atoms with Gasteiger partial charge in [-0.05, 0) is 56.4 Å². The molecule has 5 nitrogen and oxygen atoms in total. The van der Waals surface area contributed by atoms with E-state index in [0.29, 0.717) is 19.4 Å². The number of hydrogen-bond donors (Lipinski definition) is 1. The highest BCUT2D eigenvalue weighted by Crippen LogP contribution is 2.32. The predicted octanol–water partition coefficient (Wildman–Crippen LogP) is 3.64. The predicted molar refractivity (Wildman–Crippen MR) is 111 cm³/mol. The van der Waals surface area contributed by atoms with E-state index in [1.807, 2.05) is 50.2 Å². The molecule has 1 heterocycles. The molecule has 1 aliphatic heterocycles. The van der Waals surface area contributed by atoms with Crippen LogP contribution in [0, 0.1) is 6.92 Å². The first-order chi connectivity index (χ1) is 13.5. The summed E-state index contributed by atoms with van der Waals surface area (Å²) < 4.78 is 5.49. The van der Waals surface area contributed by atoms with E-state index in [1.165, 1.54) is 5.56 Å². The van der Waals surface area contributed by atoms with Crippen molar-refractivity contribution in [2.45, 2.75) is 45.6 Å². The topological polar surface area (TPSA) is 58.6 Å². The quantitative estimate of drug-likeness (QED) is 0.761. The molecular weight excluding hydrogens is 352 g/mol. The summed E-state index contributed by atoms with van der Waals surface area (Å²) in [5.41, 5.74) is 3.16. The zero-order chi connectivity index (χ0) is 19.9. The van der Waals surface area contributed by atoms with Gasteiger partial charge >= 0.3 is 0 Å². The van der Waals surface area contributed by atoms with E-state index in [4.69, 9.17) is 4.74 Å². The van der Waals surface area contributed by atoms with Crippen LogP contribution in [0.1, 0.15) is 37.3 Å². The maximum atomic E-state index is 12.2. The lowest BCUT2D eigenvalue weighted by molar-refractivity contribution is -0.123. The number of fused-ring (bicyclic) bond motifs is 1. The first kappa shape index (κ1) is 19.9. The smallest absolute Gasteiger partial charge is 0.265 e. The molecule has 0 fully saturated rings. The number of benzene rings is 2. The third-order valence-corrected chi connectivity index (χ3v) is 4.96.